The SMILES string of the molecule is CC[C@]1(C(=O)O)C[C@@H](C(=O)NCCC(=O)O)[C@@H](c2ccc(OC)cc2)N1C. The van der Waals surface area contributed by atoms with Crippen molar-refractivity contribution in [3.05, 3.63) is 29.8 Å². The third-order valence-corrected chi connectivity index (χ3v) is 5.45. The second kappa shape index (κ2) is 8.39. The van der Waals surface area contributed by atoms with E-state index in [-0.39, 0.29) is 25.3 Å². The highest BCUT2D eigenvalue weighted by Crippen LogP contribution is 2.47. The van der Waals surface area contributed by atoms with E-state index in [2.05, 4.69) is 5.32 Å². The first-order chi connectivity index (χ1) is 12.8. The average molecular weight is 378 g/mol. The smallest absolute Gasteiger partial charge is 0.324 e. The number of hydrogen-bond acceptors (Lipinski definition) is 5. The van der Waals surface area contributed by atoms with Gasteiger partial charge in [-0.2, -0.15) is 0 Å². The van der Waals surface area contributed by atoms with E-state index in [0.29, 0.717) is 12.2 Å². The van der Waals surface area contributed by atoms with Crippen molar-refractivity contribution in [2.75, 3.05) is 20.7 Å². The zero-order valence-corrected chi connectivity index (χ0v) is 15.8. The predicted molar refractivity (Wildman–Crippen MR) is 97.5 cm³/mol. The van der Waals surface area contributed by atoms with Gasteiger partial charge in [-0.15, -0.1) is 0 Å². The highest BCUT2D eigenvalue weighted by molar-refractivity contribution is 5.85. The summed E-state index contributed by atoms with van der Waals surface area (Å²) in [6.07, 6.45) is 0.328. The number of amides is 1. The zero-order chi connectivity index (χ0) is 20.2. The molecule has 1 saturated heterocycles. The van der Waals surface area contributed by atoms with E-state index >= 15 is 0 Å². The van der Waals surface area contributed by atoms with Gasteiger partial charge in [-0.1, -0.05) is 19.1 Å². The van der Waals surface area contributed by atoms with Gasteiger partial charge in [0, 0.05) is 12.6 Å². The molecular formula is C19H26N2O6. The first kappa shape index (κ1) is 20.7. The van der Waals surface area contributed by atoms with Crippen molar-refractivity contribution in [1.29, 1.82) is 0 Å². The molecule has 1 fully saturated rings. The molecule has 0 aromatic heterocycles. The van der Waals surface area contributed by atoms with Crippen molar-refractivity contribution in [2.45, 2.75) is 37.8 Å². The van der Waals surface area contributed by atoms with Crippen molar-refractivity contribution in [2.24, 2.45) is 5.92 Å². The third kappa shape index (κ3) is 4.05. The van der Waals surface area contributed by atoms with Gasteiger partial charge < -0.3 is 20.3 Å². The summed E-state index contributed by atoms with van der Waals surface area (Å²) < 4.78 is 5.17. The topological polar surface area (TPSA) is 116 Å². The number of hydrogen-bond donors (Lipinski definition) is 3. The quantitative estimate of drug-likeness (QED) is 0.628. The minimum absolute atomic E-state index is 0.00983. The van der Waals surface area contributed by atoms with Gasteiger partial charge in [0.15, 0.2) is 0 Å². The van der Waals surface area contributed by atoms with Crippen LogP contribution in [0.15, 0.2) is 24.3 Å². The van der Waals surface area contributed by atoms with E-state index in [1.807, 2.05) is 12.1 Å². The third-order valence-electron chi connectivity index (χ3n) is 5.45. The Bertz CT molecular complexity index is 705. The maximum Gasteiger partial charge on any atom is 0.324 e. The molecule has 3 N–H and O–H groups in total. The molecule has 148 valence electrons. The Morgan fingerprint density at radius 3 is 2.37 bits per heavy atom. The molecule has 1 heterocycles. The predicted octanol–water partition coefficient (Wildman–Crippen LogP) is 1.51. The zero-order valence-electron chi connectivity index (χ0n) is 15.8. The standard InChI is InChI=1S/C19H26N2O6/c1-4-19(18(25)26)11-14(17(24)20-10-9-15(22)23)16(21(19)2)12-5-7-13(27-3)8-6-12/h5-8,14,16H,4,9-11H2,1-3H3,(H,20,24)(H,22,23)(H,25,26)/t14-,16-,19-/m1/s1. The van der Waals surface area contributed by atoms with E-state index in [9.17, 15) is 19.5 Å². The lowest BCUT2D eigenvalue weighted by atomic mass is 9.87. The Balaban J connectivity index is 2.35. The van der Waals surface area contributed by atoms with Gasteiger partial charge in [0.1, 0.15) is 11.3 Å². The number of benzene rings is 1. The molecule has 0 saturated carbocycles. The summed E-state index contributed by atoms with van der Waals surface area (Å²) in [7, 11) is 3.28. The van der Waals surface area contributed by atoms with Crippen LogP contribution in [-0.4, -0.2) is 59.2 Å². The van der Waals surface area contributed by atoms with Crippen LogP contribution in [0.3, 0.4) is 0 Å². The number of carboxylic acids is 2. The van der Waals surface area contributed by atoms with Gasteiger partial charge in [0.2, 0.25) is 5.91 Å². The second-order valence-corrected chi connectivity index (χ2v) is 6.76. The molecule has 27 heavy (non-hydrogen) atoms. The van der Waals surface area contributed by atoms with Crippen LogP contribution in [-0.2, 0) is 14.4 Å². The van der Waals surface area contributed by atoms with E-state index in [1.165, 1.54) is 0 Å². The van der Waals surface area contributed by atoms with E-state index in [4.69, 9.17) is 9.84 Å². The Morgan fingerprint density at radius 2 is 1.89 bits per heavy atom. The van der Waals surface area contributed by atoms with Gasteiger partial charge in [-0.05, 0) is 37.6 Å². The average Bonchev–Trinajstić information content (AvgIpc) is 2.95. The maximum atomic E-state index is 12.8. The van der Waals surface area contributed by atoms with Gasteiger partial charge in [-0.25, -0.2) is 0 Å². The van der Waals surface area contributed by atoms with E-state index in [1.54, 1.807) is 38.1 Å². The number of carboxylic acid groups (broad SMARTS) is 2. The van der Waals surface area contributed by atoms with Crippen LogP contribution in [0.4, 0.5) is 0 Å². The van der Waals surface area contributed by atoms with Crippen LogP contribution in [0.25, 0.3) is 0 Å². The van der Waals surface area contributed by atoms with Gasteiger partial charge in [0.25, 0.3) is 0 Å². The summed E-state index contributed by atoms with van der Waals surface area (Å²) in [6, 6.07) is 6.76. The van der Waals surface area contributed by atoms with Crippen molar-refractivity contribution in [3.63, 3.8) is 0 Å². The van der Waals surface area contributed by atoms with Crippen LogP contribution in [0.5, 0.6) is 5.75 Å². The minimum atomic E-state index is -1.15. The summed E-state index contributed by atoms with van der Waals surface area (Å²) in [5.41, 5.74) is -0.340. The summed E-state index contributed by atoms with van der Waals surface area (Å²) in [5.74, 6) is -2.23. The summed E-state index contributed by atoms with van der Waals surface area (Å²) in [4.78, 5) is 37.2. The van der Waals surface area contributed by atoms with Crippen molar-refractivity contribution < 1.29 is 29.3 Å². The van der Waals surface area contributed by atoms with Crippen molar-refractivity contribution in [1.82, 2.24) is 10.2 Å². The lowest BCUT2D eigenvalue weighted by Crippen LogP contribution is -2.48. The van der Waals surface area contributed by atoms with Crippen molar-refractivity contribution >= 4 is 17.8 Å². The lowest BCUT2D eigenvalue weighted by molar-refractivity contribution is -0.150. The molecule has 0 spiro atoms. The molecule has 8 heteroatoms. The first-order valence-electron chi connectivity index (χ1n) is 8.86. The fourth-order valence-corrected chi connectivity index (χ4v) is 3.86. The van der Waals surface area contributed by atoms with Gasteiger partial charge in [0.05, 0.1) is 19.4 Å². The van der Waals surface area contributed by atoms with Crippen molar-refractivity contribution in [3.8, 4) is 5.75 Å². The largest absolute Gasteiger partial charge is 0.497 e. The van der Waals surface area contributed by atoms with Crippen LogP contribution in [0, 0.1) is 5.92 Å². The molecule has 1 aromatic rings. The minimum Gasteiger partial charge on any atom is -0.497 e. The molecule has 1 aliphatic heterocycles. The summed E-state index contributed by atoms with van der Waals surface area (Å²) in [5, 5.41) is 21.3. The second-order valence-electron chi connectivity index (χ2n) is 6.76. The maximum absolute atomic E-state index is 12.8. The summed E-state index contributed by atoms with van der Waals surface area (Å²) in [6.45, 7) is 1.80. The number of carbonyl (C=O) groups is 3. The van der Waals surface area contributed by atoms with Gasteiger partial charge in [-0.3, -0.25) is 19.3 Å². The lowest BCUT2D eigenvalue weighted by Gasteiger charge is -2.34. The number of ether oxygens (including phenoxy) is 1. The first-order valence-corrected chi connectivity index (χ1v) is 8.86. The van der Waals surface area contributed by atoms with E-state index in [0.717, 1.165) is 5.56 Å². The molecule has 3 atom stereocenters. The molecule has 1 aliphatic rings. The number of nitrogens with one attached hydrogen (secondary N) is 1. The molecule has 8 nitrogen and oxygen atoms in total. The fourth-order valence-electron chi connectivity index (χ4n) is 3.86. The van der Waals surface area contributed by atoms with Crippen LogP contribution in [0.1, 0.15) is 37.8 Å². The number of aliphatic carboxylic acids is 2. The summed E-state index contributed by atoms with van der Waals surface area (Å²) >= 11 is 0. The van der Waals surface area contributed by atoms with E-state index < -0.39 is 29.4 Å². The Labute approximate surface area is 158 Å². The van der Waals surface area contributed by atoms with Crippen LogP contribution in [0.2, 0.25) is 0 Å². The Hall–Kier alpha value is -2.61. The molecule has 0 unspecified atom stereocenters. The molecular weight excluding hydrogens is 352 g/mol. The number of nitrogens with zero attached hydrogens (tertiary/aromatic N) is 1. The number of methoxy groups -OCH3 is 1. The number of likely N-dealkylation sites (N-methyl/N-ethyl adjacent to an activating group) is 1. The molecule has 0 bridgehead atoms. The molecule has 1 amide bonds. The molecule has 2 rings (SSSR count). The molecule has 0 radical (unpaired) electrons. The fraction of sp³-hybridized carbons (Fsp3) is 0.526. The molecule has 0 aliphatic carbocycles. The number of carbonyl (C=O) groups excluding carboxylic acids is 1. The number of likely N-dealkylation sites (tertiary alicyclic amines) is 1. The number of rotatable bonds is 8. The molecule has 1 aromatic carbocycles. The normalized spacial score (nSPS) is 25.1. The van der Waals surface area contributed by atoms with Gasteiger partial charge >= 0.3 is 11.9 Å². The van der Waals surface area contributed by atoms with Crippen LogP contribution < -0.4 is 10.1 Å². The highest BCUT2D eigenvalue weighted by Gasteiger charge is 2.56. The Kier molecular flexibility index (Phi) is 6.43. The monoisotopic (exact) mass is 378 g/mol. The van der Waals surface area contributed by atoms with Crippen LogP contribution >= 0.6 is 0 Å². The highest BCUT2D eigenvalue weighted by atomic mass is 16.5. The Morgan fingerprint density at radius 1 is 1.26 bits per heavy atom.